The van der Waals surface area contributed by atoms with E-state index in [0.29, 0.717) is 0 Å². The summed E-state index contributed by atoms with van der Waals surface area (Å²) in [6.45, 7) is 5.47. The normalized spacial score (nSPS) is 21.0. The molecule has 2 aliphatic heterocycles. The number of aliphatic hydroxyl groups is 1. The molecule has 1 saturated heterocycles. The average molecular weight is 361 g/mol. The number of thiophene rings is 1. The van der Waals surface area contributed by atoms with Gasteiger partial charge in [0, 0.05) is 21.7 Å². The number of nitrogens with zero attached hydrogens (tertiary/aromatic N) is 1. The molecule has 1 aromatic heterocycles. The lowest BCUT2D eigenvalue weighted by Crippen LogP contribution is -2.32. The Morgan fingerprint density at radius 1 is 1.25 bits per heavy atom. The van der Waals surface area contributed by atoms with Gasteiger partial charge in [0.2, 0.25) is 0 Å². The summed E-state index contributed by atoms with van der Waals surface area (Å²) in [6.07, 6.45) is 3.67. The van der Waals surface area contributed by atoms with Gasteiger partial charge in [-0.3, -0.25) is 0 Å². The zero-order valence-corrected chi connectivity index (χ0v) is 15.7. The third kappa shape index (κ3) is 2.99. The summed E-state index contributed by atoms with van der Waals surface area (Å²) in [6, 6.07) is 8.48. The maximum Gasteiger partial charge on any atom is 0.128 e. The zero-order valence-electron chi connectivity index (χ0n) is 14.0. The number of nitrogens with one attached hydrogen (secondary N) is 1. The van der Waals surface area contributed by atoms with Crippen LogP contribution in [0.5, 0.6) is 0 Å². The van der Waals surface area contributed by atoms with Crippen LogP contribution in [0.3, 0.4) is 0 Å². The minimum absolute atomic E-state index is 0.844. The maximum absolute atomic E-state index is 11.4. The molecule has 5 heteroatoms. The van der Waals surface area contributed by atoms with Gasteiger partial charge in [-0.1, -0.05) is 18.2 Å². The van der Waals surface area contributed by atoms with Crippen molar-refractivity contribution in [3.63, 3.8) is 0 Å². The molecule has 128 valence electrons. The van der Waals surface area contributed by atoms with Gasteiger partial charge in [-0.15, -0.1) is 23.1 Å². The SMILES string of the molecule is CC(O)(C1=CSCN1)c1c(CCN2CCCC2)sc2ccccc12. The fraction of sp³-hybridized carbons (Fsp3) is 0.474. The number of hydrogen-bond donors (Lipinski definition) is 2. The van der Waals surface area contributed by atoms with Crippen molar-refractivity contribution in [3.05, 3.63) is 45.8 Å². The van der Waals surface area contributed by atoms with Gasteiger partial charge >= 0.3 is 0 Å². The summed E-state index contributed by atoms with van der Waals surface area (Å²) < 4.78 is 1.27. The van der Waals surface area contributed by atoms with E-state index in [4.69, 9.17) is 0 Å². The second kappa shape index (κ2) is 6.71. The molecule has 4 rings (SSSR count). The minimum Gasteiger partial charge on any atom is -0.379 e. The van der Waals surface area contributed by atoms with Gasteiger partial charge in [0.05, 0.1) is 11.6 Å². The molecule has 1 unspecified atom stereocenters. The van der Waals surface area contributed by atoms with Crippen molar-refractivity contribution >= 4 is 33.2 Å². The molecule has 3 heterocycles. The lowest BCUT2D eigenvalue weighted by atomic mass is 9.89. The first-order chi connectivity index (χ1) is 11.7. The van der Waals surface area contributed by atoms with Crippen LogP contribution >= 0.6 is 23.1 Å². The first kappa shape index (κ1) is 16.5. The molecule has 2 aromatic rings. The van der Waals surface area contributed by atoms with E-state index in [2.05, 4.69) is 39.9 Å². The highest BCUT2D eigenvalue weighted by molar-refractivity contribution is 8.02. The van der Waals surface area contributed by atoms with Crippen LogP contribution in [-0.4, -0.2) is 35.5 Å². The van der Waals surface area contributed by atoms with Crippen LogP contribution in [0.4, 0.5) is 0 Å². The van der Waals surface area contributed by atoms with Gasteiger partial charge in [-0.05, 0) is 56.1 Å². The number of rotatable bonds is 5. The molecule has 0 radical (unpaired) electrons. The number of benzene rings is 1. The maximum atomic E-state index is 11.4. The van der Waals surface area contributed by atoms with Crippen LogP contribution in [0.25, 0.3) is 10.1 Å². The van der Waals surface area contributed by atoms with E-state index in [1.165, 1.54) is 40.9 Å². The Balaban J connectivity index is 1.72. The highest BCUT2D eigenvalue weighted by atomic mass is 32.2. The standard InChI is InChI=1S/C19H24N2OS2/c1-19(22,17-12-23-13-20-17)18-14-6-2-3-7-15(14)24-16(18)8-11-21-9-4-5-10-21/h2-3,6-7,12,20,22H,4-5,8-11,13H2,1H3. The van der Waals surface area contributed by atoms with Crippen molar-refractivity contribution in [2.45, 2.75) is 31.8 Å². The third-order valence-electron chi connectivity index (χ3n) is 5.08. The van der Waals surface area contributed by atoms with Crippen molar-refractivity contribution < 1.29 is 5.11 Å². The monoisotopic (exact) mass is 360 g/mol. The van der Waals surface area contributed by atoms with Crippen LogP contribution in [0.1, 0.15) is 30.2 Å². The molecule has 0 aliphatic carbocycles. The Morgan fingerprint density at radius 3 is 2.79 bits per heavy atom. The van der Waals surface area contributed by atoms with Gasteiger partial charge in [0.25, 0.3) is 0 Å². The molecule has 2 N–H and O–H groups in total. The Bertz CT molecular complexity index is 760. The van der Waals surface area contributed by atoms with Crippen molar-refractivity contribution in [1.29, 1.82) is 0 Å². The highest BCUT2D eigenvalue weighted by Crippen LogP contribution is 2.42. The van der Waals surface area contributed by atoms with Crippen LogP contribution in [0.2, 0.25) is 0 Å². The molecular formula is C19H24N2OS2. The van der Waals surface area contributed by atoms with Gasteiger partial charge < -0.3 is 15.3 Å². The van der Waals surface area contributed by atoms with Crippen LogP contribution in [0, 0.1) is 0 Å². The van der Waals surface area contributed by atoms with Gasteiger partial charge in [-0.25, -0.2) is 0 Å². The number of likely N-dealkylation sites (tertiary alicyclic amines) is 1. The third-order valence-corrected chi connectivity index (χ3v) is 7.02. The summed E-state index contributed by atoms with van der Waals surface area (Å²) in [5.74, 6) is 0.844. The van der Waals surface area contributed by atoms with Crippen LogP contribution in [0.15, 0.2) is 35.4 Å². The summed E-state index contributed by atoms with van der Waals surface area (Å²) in [5.41, 5.74) is 1.07. The molecular weight excluding hydrogens is 336 g/mol. The predicted octanol–water partition coefficient (Wildman–Crippen LogP) is 3.88. The van der Waals surface area contributed by atoms with Gasteiger partial charge in [0.15, 0.2) is 0 Å². The lowest BCUT2D eigenvalue weighted by molar-refractivity contribution is 0.0924. The van der Waals surface area contributed by atoms with Crippen molar-refractivity contribution in [2.75, 3.05) is 25.5 Å². The molecule has 0 spiro atoms. The van der Waals surface area contributed by atoms with E-state index in [1.54, 1.807) is 11.8 Å². The van der Waals surface area contributed by atoms with Crippen molar-refractivity contribution in [2.24, 2.45) is 0 Å². The molecule has 0 amide bonds. The van der Waals surface area contributed by atoms with E-state index in [1.807, 2.05) is 18.3 Å². The average Bonchev–Trinajstić information content (AvgIpc) is 3.31. The molecule has 2 aliphatic rings. The van der Waals surface area contributed by atoms with E-state index >= 15 is 0 Å². The summed E-state index contributed by atoms with van der Waals surface area (Å²) in [4.78, 5) is 3.87. The second-order valence-corrected chi connectivity index (χ2v) is 8.78. The molecule has 1 atom stereocenters. The zero-order chi connectivity index (χ0) is 16.6. The van der Waals surface area contributed by atoms with Crippen LogP contribution in [-0.2, 0) is 12.0 Å². The van der Waals surface area contributed by atoms with Gasteiger partial charge in [0.1, 0.15) is 5.60 Å². The first-order valence-electron chi connectivity index (χ1n) is 8.68. The van der Waals surface area contributed by atoms with Gasteiger partial charge in [-0.2, -0.15) is 0 Å². The second-order valence-electron chi connectivity index (χ2n) is 6.79. The van der Waals surface area contributed by atoms with E-state index < -0.39 is 5.60 Å². The molecule has 3 nitrogen and oxygen atoms in total. The summed E-state index contributed by atoms with van der Waals surface area (Å²) in [5, 5.41) is 18.0. The first-order valence-corrected chi connectivity index (χ1v) is 10.5. The lowest BCUT2D eigenvalue weighted by Gasteiger charge is -2.27. The fourth-order valence-electron chi connectivity index (χ4n) is 3.78. The Hall–Kier alpha value is -1.01. The van der Waals surface area contributed by atoms with Crippen molar-refractivity contribution in [1.82, 2.24) is 10.2 Å². The number of fused-ring (bicyclic) bond motifs is 1. The van der Waals surface area contributed by atoms with E-state index in [0.717, 1.165) is 30.1 Å². The number of thioether (sulfide) groups is 1. The minimum atomic E-state index is -0.955. The summed E-state index contributed by atoms with van der Waals surface area (Å²) in [7, 11) is 0. The Labute approximate surface area is 151 Å². The quantitative estimate of drug-likeness (QED) is 0.848. The topological polar surface area (TPSA) is 35.5 Å². The highest BCUT2D eigenvalue weighted by Gasteiger charge is 2.35. The molecule has 0 saturated carbocycles. The molecule has 0 bridgehead atoms. The molecule has 1 fully saturated rings. The summed E-state index contributed by atoms with van der Waals surface area (Å²) >= 11 is 3.56. The van der Waals surface area contributed by atoms with Crippen LogP contribution < -0.4 is 5.32 Å². The van der Waals surface area contributed by atoms with Crippen molar-refractivity contribution in [3.8, 4) is 0 Å². The molecule has 1 aromatic carbocycles. The molecule has 24 heavy (non-hydrogen) atoms. The van der Waals surface area contributed by atoms with E-state index in [-0.39, 0.29) is 0 Å². The smallest absolute Gasteiger partial charge is 0.128 e. The Kier molecular flexibility index (Phi) is 4.60. The fourth-order valence-corrected chi connectivity index (χ4v) is 5.88. The number of hydrogen-bond acceptors (Lipinski definition) is 5. The Morgan fingerprint density at radius 2 is 2.04 bits per heavy atom. The van der Waals surface area contributed by atoms with E-state index in [9.17, 15) is 5.11 Å². The predicted molar refractivity (Wildman–Crippen MR) is 104 cm³/mol. The largest absolute Gasteiger partial charge is 0.379 e.